The first-order valence-electron chi connectivity index (χ1n) is 10.0. The van der Waals surface area contributed by atoms with E-state index in [1.807, 2.05) is 43.5 Å². The van der Waals surface area contributed by atoms with Crippen LogP contribution in [0, 0.1) is 13.8 Å². The molecule has 3 aromatic rings. The molecule has 30 heavy (non-hydrogen) atoms. The van der Waals surface area contributed by atoms with E-state index in [1.165, 1.54) is 0 Å². The number of fused-ring (bicyclic) bond motifs is 4. The molecule has 7 heteroatoms. The fourth-order valence-electron chi connectivity index (χ4n) is 4.70. The van der Waals surface area contributed by atoms with Crippen molar-refractivity contribution in [3.8, 4) is 11.4 Å². The van der Waals surface area contributed by atoms with Gasteiger partial charge >= 0.3 is 0 Å². The molecule has 4 heterocycles. The number of pyridine rings is 1. The first-order valence-corrected chi connectivity index (χ1v) is 10.4. The van der Waals surface area contributed by atoms with Crippen molar-refractivity contribution in [2.24, 2.45) is 0 Å². The third-order valence-electron chi connectivity index (χ3n) is 6.14. The maximum absolute atomic E-state index is 13.1. The molecule has 1 amide bonds. The Morgan fingerprint density at radius 2 is 1.93 bits per heavy atom. The van der Waals surface area contributed by atoms with Crippen LogP contribution >= 0.6 is 11.6 Å². The van der Waals surface area contributed by atoms with Gasteiger partial charge < -0.3 is 19.2 Å². The molecule has 0 atom stereocenters. The summed E-state index contributed by atoms with van der Waals surface area (Å²) in [6, 6.07) is 11.6. The quantitative estimate of drug-likeness (QED) is 0.644. The largest absolute Gasteiger partial charge is 0.479 e. The molecule has 2 aromatic heterocycles. The minimum Gasteiger partial charge on any atom is -0.479 e. The van der Waals surface area contributed by atoms with Crippen LogP contribution in [0.4, 0.5) is 0 Å². The zero-order chi connectivity index (χ0) is 21.0. The SMILES string of the molecule is Cc1cc(C)c(C(=O)N2CCC3(CC2)Oc2cc(Cl)ccc2-n2cccc23)c(=O)[nH]1. The van der Waals surface area contributed by atoms with Crippen molar-refractivity contribution in [1.82, 2.24) is 14.5 Å². The Bertz CT molecular complexity index is 1220. The molecule has 0 saturated carbocycles. The number of aryl methyl sites for hydroxylation is 2. The fourth-order valence-corrected chi connectivity index (χ4v) is 4.86. The first-order chi connectivity index (χ1) is 14.4. The lowest BCUT2D eigenvalue weighted by molar-refractivity contribution is -0.00935. The summed E-state index contributed by atoms with van der Waals surface area (Å²) in [6.07, 6.45) is 3.30. The number of piperidine rings is 1. The van der Waals surface area contributed by atoms with E-state index >= 15 is 0 Å². The molecule has 5 rings (SSSR count). The average Bonchev–Trinajstić information content (AvgIpc) is 3.18. The van der Waals surface area contributed by atoms with Gasteiger partial charge in [-0.25, -0.2) is 0 Å². The number of hydrogen-bond acceptors (Lipinski definition) is 3. The number of ether oxygens (including phenoxy) is 1. The van der Waals surface area contributed by atoms with E-state index in [2.05, 4.69) is 15.6 Å². The Kier molecular flexibility index (Phi) is 4.29. The number of halogens is 1. The summed E-state index contributed by atoms with van der Waals surface area (Å²) in [4.78, 5) is 30.0. The van der Waals surface area contributed by atoms with Crippen molar-refractivity contribution < 1.29 is 9.53 Å². The van der Waals surface area contributed by atoms with Crippen molar-refractivity contribution in [3.05, 3.63) is 80.5 Å². The monoisotopic (exact) mass is 423 g/mol. The highest BCUT2D eigenvalue weighted by Crippen LogP contribution is 2.45. The smallest absolute Gasteiger partial charge is 0.261 e. The number of likely N-dealkylation sites (tertiary alicyclic amines) is 1. The second-order valence-corrected chi connectivity index (χ2v) is 8.54. The highest BCUT2D eigenvalue weighted by atomic mass is 35.5. The number of amides is 1. The lowest BCUT2D eigenvalue weighted by atomic mass is 9.86. The number of nitrogens with zero attached hydrogens (tertiary/aromatic N) is 2. The second kappa shape index (κ2) is 6.77. The summed E-state index contributed by atoms with van der Waals surface area (Å²) in [5.74, 6) is 0.523. The summed E-state index contributed by atoms with van der Waals surface area (Å²) in [5, 5.41) is 0.626. The van der Waals surface area contributed by atoms with Crippen molar-refractivity contribution in [2.75, 3.05) is 13.1 Å². The van der Waals surface area contributed by atoms with Crippen LogP contribution in [0.25, 0.3) is 5.69 Å². The molecule has 1 saturated heterocycles. The number of carbonyl (C=O) groups excluding carboxylic acids is 1. The number of carbonyl (C=O) groups is 1. The summed E-state index contributed by atoms with van der Waals surface area (Å²) in [7, 11) is 0. The number of H-pyrrole nitrogens is 1. The van der Waals surface area contributed by atoms with E-state index < -0.39 is 5.60 Å². The van der Waals surface area contributed by atoms with E-state index in [0.717, 1.165) is 22.8 Å². The minimum absolute atomic E-state index is 0.224. The van der Waals surface area contributed by atoms with Gasteiger partial charge in [-0.2, -0.15) is 0 Å². The van der Waals surface area contributed by atoms with Gasteiger partial charge in [0, 0.05) is 48.9 Å². The number of rotatable bonds is 1. The predicted octanol–water partition coefficient (Wildman–Crippen LogP) is 3.96. The van der Waals surface area contributed by atoms with Crippen LogP contribution < -0.4 is 10.3 Å². The molecule has 0 aliphatic carbocycles. The van der Waals surface area contributed by atoms with Gasteiger partial charge in [0.25, 0.3) is 11.5 Å². The molecule has 1 fully saturated rings. The zero-order valence-corrected chi connectivity index (χ0v) is 17.6. The van der Waals surface area contributed by atoms with Gasteiger partial charge in [0.05, 0.1) is 11.4 Å². The molecular formula is C23H22ClN3O3. The lowest BCUT2D eigenvalue weighted by Gasteiger charge is -2.45. The minimum atomic E-state index is -0.521. The molecule has 6 nitrogen and oxygen atoms in total. The zero-order valence-electron chi connectivity index (χ0n) is 16.9. The molecule has 154 valence electrons. The maximum atomic E-state index is 13.1. The van der Waals surface area contributed by atoms with Crippen LogP contribution in [0.1, 0.15) is 40.2 Å². The van der Waals surface area contributed by atoms with Gasteiger partial charge in [0.2, 0.25) is 0 Å². The van der Waals surface area contributed by atoms with Crippen molar-refractivity contribution >= 4 is 17.5 Å². The average molecular weight is 424 g/mol. The van der Waals surface area contributed by atoms with Gasteiger partial charge in [-0.3, -0.25) is 9.59 Å². The van der Waals surface area contributed by atoms with Crippen LogP contribution in [0.5, 0.6) is 5.75 Å². The highest BCUT2D eigenvalue weighted by molar-refractivity contribution is 6.30. The molecule has 2 aliphatic heterocycles. The van der Waals surface area contributed by atoms with Crippen molar-refractivity contribution in [1.29, 1.82) is 0 Å². The van der Waals surface area contributed by atoms with Crippen molar-refractivity contribution in [3.63, 3.8) is 0 Å². The number of hydrogen-bond donors (Lipinski definition) is 1. The Balaban J connectivity index is 1.44. The van der Waals surface area contributed by atoms with Gasteiger partial charge in [0.1, 0.15) is 11.3 Å². The Morgan fingerprint density at radius 1 is 1.17 bits per heavy atom. The van der Waals surface area contributed by atoms with Crippen molar-refractivity contribution in [2.45, 2.75) is 32.3 Å². The summed E-state index contributed by atoms with van der Waals surface area (Å²) >= 11 is 6.20. The Morgan fingerprint density at radius 3 is 2.67 bits per heavy atom. The van der Waals surface area contributed by atoms with Crippen LogP contribution in [0.15, 0.2) is 47.4 Å². The molecular weight excluding hydrogens is 402 g/mol. The fraction of sp³-hybridized carbons (Fsp3) is 0.304. The van der Waals surface area contributed by atoms with E-state index in [9.17, 15) is 9.59 Å². The maximum Gasteiger partial charge on any atom is 0.261 e. The molecule has 1 aromatic carbocycles. The van der Waals surface area contributed by atoms with E-state index in [0.29, 0.717) is 36.5 Å². The lowest BCUT2D eigenvalue weighted by Crippen LogP contribution is -2.50. The molecule has 1 spiro atoms. The molecule has 0 bridgehead atoms. The van der Waals surface area contributed by atoms with Crippen LogP contribution in [-0.2, 0) is 5.60 Å². The van der Waals surface area contributed by atoms with Crippen LogP contribution in [-0.4, -0.2) is 33.4 Å². The van der Waals surface area contributed by atoms with E-state index in [1.54, 1.807) is 11.8 Å². The molecule has 0 unspecified atom stereocenters. The molecule has 2 aliphatic rings. The van der Waals surface area contributed by atoms with E-state index in [-0.39, 0.29) is 17.0 Å². The second-order valence-electron chi connectivity index (χ2n) is 8.10. The number of benzene rings is 1. The van der Waals surface area contributed by atoms with Crippen LogP contribution in [0.3, 0.4) is 0 Å². The Hall–Kier alpha value is -2.99. The third-order valence-corrected chi connectivity index (χ3v) is 6.37. The third kappa shape index (κ3) is 2.86. The van der Waals surface area contributed by atoms with Gasteiger partial charge in [-0.15, -0.1) is 0 Å². The highest BCUT2D eigenvalue weighted by Gasteiger charge is 2.45. The Labute approximate surface area is 179 Å². The van der Waals surface area contributed by atoms with E-state index in [4.69, 9.17) is 16.3 Å². The number of aromatic nitrogens is 2. The van der Waals surface area contributed by atoms with Crippen LogP contribution in [0.2, 0.25) is 5.02 Å². The predicted molar refractivity (Wildman–Crippen MR) is 115 cm³/mol. The topological polar surface area (TPSA) is 67.3 Å². The van der Waals surface area contributed by atoms with Gasteiger partial charge in [0.15, 0.2) is 5.60 Å². The number of nitrogens with one attached hydrogen (secondary N) is 1. The van der Waals surface area contributed by atoms with Gasteiger partial charge in [-0.1, -0.05) is 11.6 Å². The van der Waals surface area contributed by atoms with Gasteiger partial charge in [-0.05, 0) is 49.7 Å². The summed E-state index contributed by atoms with van der Waals surface area (Å²) < 4.78 is 8.65. The summed E-state index contributed by atoms with van der Waals surface area (Å²) in [6.45, 7) is 4.63. The molecule has 0 radical (unpaired) electrons. The standard InChI is InChI=1S/C23H22ClN3O3/c1-14-12-15(2)25-21(28)20(14)22(29)26-10-7-23(8-11-26)19-4-3-9-27(19)17-6-5-16(24)13-18(17)30-23/h3-6,9,12-13H,7-8,10-11H2,1-2H3,(H,25,28). The normalized spacial score (nSPS) is 16.7. The summed E-state index contributed by atoms with van der Waals surface area (Å²) in [5.41, 5.74) is 2.87. The molecule has 1 N–H and O–H groups in total. The number of aromatic amines is 1. The first kappa shape index (κ1) is 19.0.